The summed E-state index contributed by atoms with van der Waals surface area (Å²) in [6, 6.07) is 15.6. The van der Waals surface area contributed by atoms with Crippen LogP contribution in [0.25, 0.3) is 0 Å². The molecule has 11 heteroatoms. The summed E-state index contributed by atoms with van der Waals surface area (Å²) in [6.07, 6.45) is 0. The molecule has 0 saturated carbocycles. The van der Waals surface area contributed by atoms with E-state index < -0.39 is 25.7 Å². The number of benzene rings is 3. The Hall–Kier alpha value is -1.78. The average molecular weight is 520 g/mol. The number of sulfonamides is 1. The molecule has 5 nitrogen and oxygen atoms in total. The highest BCUT2D eigenvalue weighted by Crippen LogP contribution is 2.30. The number of para-hydroxylation sites is 1. The van der Waals surface area contributed by atoms with Crippen molar-refractivity contribution < 1.29 is 21.2 Å². The van der Waals surface area contributed by atoms with Gasteiger partial charge in [-0.1, -0.05) is 35.3 Å². The van der Waals surface area contributed by atoms with Crippen molar-refractivity contribution >= 4 is 60.5 Å². The molecule has 0 aliphatic rings. The summed E-state index contributed by atoms with van der Waals surface area (Å²) in [6.45, 7) is 0. The van der Waals surface area contributed by atoms with Gasteiger partial charge in [0.2, 0.25) is 0 Å². The van der Waals surface area contributed by atoms with Crippen molar-refractivity contribution in [1.29, 1.82) is 0 Å². The molecule has 0 radical (unpaired) electrons. The van der Waals surface area contributed by atoms with Crippen LogP contribution in [0.1, 0.15) is 0 Å². The van der Waals surface area contributed by atoms with Gasteiger partial charge in [-0.05, 0) is 54.6 Å². The normalized spacial score (nSPS) is 12.0. The maximum absolute atomic E-state index is 13.3. The van der Waals surface area contributed by atoms with Gasteiger partial charge in [0.05, 0.1) is 26.3 Å². The Morgan fingerprint density at radius 2 is 1.52 bits per heavy atom. The molecule has 3 rings (SSSR count). The molecule has 0 aromatic heterocycles. The van der Waals surface area contributed by atoms with E-state index in [2.05, 4.69) is 4.72 Å². The van der Waals surface area contributed by atoms with E-state index in [0.29, 0.717) is 9.92 Å². The predicted octanol–water partition coefficient (Wildman–Crippen LogP) is 5.50. The molecule has 0 heterocycles. The van der Waals surface area contributed by atoms with E-state index in [9.17, 15) is 21.2 Å². The number of hydrogen-bond donors (Lipinski definition) is 1. The van der Waals surface area contributed by atoms with Gasteiger partial charge in [0.15, 0.2) is 9.84 Å². The molecule has 1 N–H and O–H groups in total. The van der Waals surface area contributed by atoms with E-state index in [0.717, 1.165) is 18.2 Å². The van der Waals surface area contributed by atoms with Crippen LogP contribution in [0.2, 0.25) is 10.0 Å². The second-order valence-corrected chi connectivity index (χ2v) is 12.1. The lowest BCUT2D eigenvalue weighted by Gasteiger charge is -2.13. The minimum atomic E-state index is -4.02. The maximum atomic E-state index is 13.3. The molecule has 3 aromatic rings. The van der Waals surface area contributed by atoms with Gasteiger partial charge in [0, 0.05) is 15.7 Å². The third kappa shape index (κ3) is 6.14. The number of hydrogen-bond acceptors (Lipinski definition) is 5. The lowest BCUT2D eigenvalue weighted by Crippen LogP contribution is -2.14. The van der Waals surface area contributed by atoms with Crippen molar-refractivity contribution in [3.8, 4) is 0 Å². The first kappa shape index (κ1) is 23.9. The zero-order chi connectivity index (χ0) is 22.6. The van der Waals surface area contributed by atoms with Crippen LogP contribution in [0.15, 0.2) is 81.4 Å². The maximum Gasteiger partial charge on any atom is 0.261 e. The Morgan fingerprint density at radius 3 is 2.19 bits per heavy atom. The minimum absolute atomic E-state index is 0.145. The van der Waals surface area contributed by atoms with Crippen LogP contribution in [0.5, 0.6) is 0 Å². The van der Waals surface area contributed by atoms with Crippen LogP contribution in [0.4, 0.5) is 10.1 Å². The fourth-order valence-corrected chi connectivity index (χ4v) is 6.75. The zero-order valence-corrected chi connectivity index (χ0v) is 19.7. The van der Waals surface area contributed by atoms with Gasteiger partial charge in [-0.3, -0.25) is 4.72 Å². The number of sulfone groups is 1. The lowest BCUT2D eigenvalue weighted by molar-refractivity contribution is 0.596. The van der Waals surface area contributed by atoms with E-state index in [1.54, 1.807) is 24.3 Å². The summed E-state index contributed by atoms with van der Waals surface area (Å²) >= 11 is 12.7. The first-order valence-electron chi connectivity index (χ1n) is 8.76. The van der Waals surface area contributed by atoms with Crippen molar-refractivity contribution in [2.75, 3.05) is 16.2 Å². The molecule has 164 valence electrons. The number of thioether (sulfide) groups is 1. The van der Waals surface area contributed by atoms with Crippen molar-refractivity contribution in [3.05, 3.63) is 82.6 Å². The van der Waals surface area contributed by atoms with Crippen molar-refractivity contribution in [2.24, 2.45) is 0 Å². The zero-order valence-electron chi connectivity index (χ0n) is 15.8. The first-order chi connectivity index (χ1) is 14.6. The van der Waals surface area contributed by atoms with E-state index in [1.807, 2.05) is 0 Å². The van der Waals surface area contributed by atoms with Gasteiger partial charge in [0.1, 0.15) is 5.82 Å². The summed E-state index contributed by atoms with van der Waals surface area (Å²) < 4.78 is 66.1. The van der Waals surface area contributed by atoms with Crippen molar-refractivity contribution in [2.45, 2.75) is 14.7 Å². The van der Waals surface area contributed by atoms with Gasteiger partial charge in [-0.2, -0.15) is 0 Å². The molecule has 31 heavy (non-hydrogen) atoms. The third-order valence-electron chi connectivity index (χ3n) is 4.12. The molecule has 0 atom stereocenters. The quantitative estimate of drug-likeness (QED) is 0.397. The molecule has 0 bridgehead atoms. The van der Waals surface area contributed by atoms with Gasteiger partial charge >= 0.3 is 0 Å². The summed E-state index contributed by atoms with van der Waals surface area (Å²) in [5, 5.41) is 0.134. The molecule has 0 spiro atoms. The standard InChI is InChI=1S/C20H16Cl2FNO4S3/c21-14-5-7-15(8-6-14)30(25,26)12-11-29-20-4-2-1-3-19(20)24-31(27,28)16-9-10-18(23)17(22)13-16/h1-10,13,24H,11-12H2. The molecule has 0 aliphatic heterocycles. The van der Waals surface area contributed by atoms with Crippen LogP contribution in [0.3, 0.4) is 0 Å². The van der Waals surface area contributed by atoms with Crippen LogP contribution < -0.4 is 4.72 Å². The Bertz CT molecular complexity index is 1300. The number of nitrogens with one attached hydrogen (secondary N) is 1. The fourth-order valence-electron chi connectivity index (χ4n) is 2.55. The molecule has 0 fully saturated rings. The highest BCUT2D eigenvalue weighted by atomic mass is 35.5. The second-order valence-electron chi connectivity index (χ2n) is 6.30. The average Bonchev–Trinajstić information content (AvgIpc) is 2.71. The monoisotopic (exact) mass is 519 g/mol. The van der Waals surface area contributed by atoms with Gasteiger partial charge in [0.25, 0.3) is 10.0 Å². The number of anilines is 1. The van der Waals surface area contributed by atoms with Crippen molar-refractivity contribution in [1.82, 2.24) is 0 Å². The molecule has 0 unspecified atom stereocenters. The van der Waals surface area contributed by atoms with Gasteiger partial charge in [-0.25, -0.2) is 21.2 Å². The van der Waals surface area contributed by atoms with E-state index >= 15 is 0 Å². The van der Waals surface area contributed by atoms with E-state index in [4.69, 9.17) is 23.2 Å². The first-order valence-corrected chi connectivity index (χ1v) is 13.6. The SMILES string of the molecule is O=S(=O)(CCSc1ccccc1NS(=O)(=O)c1ccc(F)c(Cl)c1)c1ccc(Cl)cc1. The number of halogens is 3. The summed E-state index contributed by atoms with van der Waals surface area (Å²) in [5.74, 6) is -0.668. The van der Waals surface area contributed by atoms with Gasteiger partial charge in [-0.15, -0.1) is 11.8 Å². The molecular weight excluding hydrogens is 504 g/mol. The smallest absolute Gasteiger partial charge is 0.261 e. The summed E-state index contributed by atoms with van der Waals surface area (Å²) in [7, 11) is -7.54. The molecular formula is C20H16Cl2FNO4S3. The Balaban J connectivity index is 1.73. The van der Waals surface area contributed by atoms with E-state index in [1.165, 1.54) is 36.0 Å². The van der Waals surface area contributed by atoms with Crippen LogP contribution in [-0.2, 0) is 19.9 Å². The Morgan fingerprint density at radius 1 is 0.871 bits per heavy atom. The number of rotatable bonds is 8. The van der Waals surface area contributed by atoms with E-state index in [-0.39, 0.29) is 32.0 Å². The highest BCUT2D eigenvalue weighted by Gasteiger charge is 2.19. The van der Waals surface area contributed by atoms with Crippen molar-refractivity contribution in [3.63, 3.8) is 0 Å². The van der Waals surface area contributed by atoms with Crippen LogP contribution in [0, 0.1) is 5.82 Å². The molecule has 0 amide bonds. The lowest BCUT2D eigenvalue weighted by atomic mass is 10.3. The molecule has 0 aliphatic carbocycles. The Labute approximate surface area is 194 Å². The molecule has 0 saturated heterocycles. The van der Waals surface area contributed by atoms with Crippen LogP contribution in [-0.4, -0.2) is 28.3 Å². The predicted molar refractivity (Wildman–Crippen MR) is 123 cm³/mol. The fraction of sp³-hybridized carbons (Fsp3) is 0.100. The largest absolute Gasteiger partial charge is 0.278 e. The topological polar surface area (TPSA) is 80.3 Å². The third-order valence-corrected chi connectivity index (χ3v) is 9.09. The summed E-state index contributed by atoms with van der Waals surface area (Å²) in [4.78, 5) is 0.522. The summed E-state index contributed by atoms with van der Waals surface area (Å²) in [5.41, 5.74) is 0.275. The van der Waals surface area contributed by atoms with Gasteiger partial charge < -0.3 is 0 Å². The Kier molecular flexibility index (Phi) is 7.54. The van der Waals surface area contributed by atoms with Crippen LogP contribution >= 0.6 is 35.0 Å². The molecule has 3 aromatic carbocycles. The highest BCUT2D eigenvalue weighted by molar-refractivity contribution is 8.01. The minimum Gasteiger partial charge on any atom is -0.278 e. The second kappa shape index (κ2) is 9.79.